The summed E-state index contributed by atoms with van der Waals surface area (Å²) in [6, 6.07) is 30.0. The third-order valence-corrected chi connectivity index (χ3v) is 6.76. The van der Waals surface area contributed by atoms with Crippen LogP contribution in [0.5, 0.6) is 5.75 Å². The summed E-state index contributed by atoms with van der Waals surface area (Å²) < 4.78 is 10.5. The Morgan fingerprint density at radius 2 is 1.46 bits per heavy atom. The Bertz CT molecular complexity index is 1690. The zero-order valence-electron chi connectivity index (χ0n) is 28.2. The number of nitrogens with one attached hydrogen (secondary N) is 2. The number of anilines is 2. The maximum atomic E-state index is 13.1. The van der Waals surface area contributed by atoms with Crippen LogP contribution in [0.3, 0.4) is 0 Å². The van der Waals surface area contributed by atoms with Crippen molar-refractivity contribution in [2.45, 2.75) is 46.6 Å². The average Bonchev–Trinajstić information content (AvgIpc) is 3.04. The summed E-state index contributed by atoms with van der Waals surface area (Å²) in [7, 11) is 1.72. The van der Waals surface area contributed by atoms with Crippen LogP contribution in [0.2, 0.25) is 0 Å². The molecule has 4 rings (SSSR count). The Hall–Kier alpha value is -5.64. The number of para-hydroxylation sites is 2. The molecule has 0 aliphatic heterocycles. The number of aliphatic carboxylic acids is 1. The summed E-state index contributed by atoms with van der Waals surface area (Å²) in [4.78, 5) is 48.7. The van der Waals surface area contributed by atoms with Crippen molar-refractivity contribution >= 4 is 35.3 Å². The highest BCUT2D eigenvalue weighted by Gasteiger charge is 2.18. The Balaban J connectivity index is 0.000000408. The SMILES string of the molecule is CC(C)(C)OC(=O)NCCC(=O)O.CCOc1ccccc1N(C)C(=O)c1ccc(NC(=O)c2ccccc2-c2ccc(C)cc2)cc1. The number of alkyl carbamates (subject to hydrolysis) is 1. The van der Waals surface area contributed by atoms with Crippen LogP contribution < -0.4 is 20.3 Å². The van der Waals surface area contributed by atoms with Gasteiger partial charge in [0.15, 0.2) is 0 Å². The predicted octanol–water partition coefficient (Wildman–Crippen LogP) is 7.58. The second-order valence-electron chi connectivity index (χ2n) is 11.8. The highest BCUT2D eigenvalue weighted by Crippen LogP contribution is 2.29. The minimum atomic E-state index is -0.948. The van der Waals surface area contributed by atoms with Gasteiger partial charge in [-0.1, -0.05) is 60.2 Å². The number of carbonyl (C=O) groups excluding carboxylic acids is 3. The molecule has 0 aliphatic carbocycles. The second kappa shape index (κ2) is 17.3. The summed E-state index contributed by atoms with van der Waals surface area (Å²) in [6.45, 7) is 9.76. The first kappa shape index (κ1) is 36.8. The molecule has 0 spiro atoms. The van der Waals surface area contributed by atoms with E-state index in [1.54, 1.807) is 57.0 Å². The number of carbonyl (C=O) groups is 4. The summed E-state index contributed by atoms with van der Waals surface area (Å²) in [6.07, 6.45) is -0.687. The summed E-state index contributed by atoms with van der Waals surface area (Å²) in [5.41, 5.74) is 4.88. The first-order chi connectivity index (χ1) is 22.8. The van der Waals surface area contributed by atoms with Crippen LogP contribution in [0.1, 0.15) is 60.4 Å². The molecule has 0 unspecified atom stereocenters. The smallest absolute Gasteiger partial charge is 0.407 e. The van der Waals surface area contributed by atoms with Gasteiger partial charge < -0.3 is 30.1 Å². The largest absolute Gasteiger partial charge is 0.492 e. The first-order valence-corrected chi connectivity index (χ1v) is 15.5. The van der Waals surface area contributed by atoms with Gasteiger partial charge in [-0.3, -0.25) is 14.4 Å². The molecular weight excluding hydrogens is 610 g/mol. The number of hydrogen-bond acceptors (Lipinski definition) is 6. The summed E-state index contributed by atoms with van der Waals surface area (Å²) >= 11 is 0. The van der Waals surface area contributed by atoms with Crippen molar-refractivity contribution in [1.82, 2.24) is 5.32 Å². The normalized spacial score (nSPS) is 10.5. The Kier molecular flexibility index (Phi) is 13.3. The van der Waals surface area contributed by atoms with E-state index in [1.165, 1.54) is 0 Å². The minimum Gasteiger partial charge on any atom is -0.492 e. The molecule has 0 saturated carbocycles. The van der Waals surface area contributed by atoms with E-state index in [2.05, 4.69) is 10.6 Å². The van der Waals surface area contributed by atoms with Crippen LogP contribution >= 0.6 is 0 Å². The molecule has 10 nitrogen and oxygen atoms in total. The zero-order chi connectivity index (χ0) is 35.3. The van der Waals surface area contributed by atoms with Gasteiger partial charge in [0.2, 0.25) is 0 Å². The lowest BCUT2D eigenvalue weighted by atomic mass is 9.98. The molecule has 3 N–H and O–H groups in total. The fourth-order valence-electron chi connectivity index (χ4n) is 4.46. The van der Waals surface area contributed by atoms with Crippen LogP contribution in [0.4, 0.5) is 16.2 Å². The summed E-state index contributed by atoms with van der Waals surface area (Å²) in [5.74, 6) is -0.666. The number of carboxylic acids is 1. The van der Waals surface area contributed by atoms with Gasteiger partial charge in [0.05, 0.1) is 18.7 Å². The molecule has 0 heterocycles. The highest BCUT2D eigenvalue weighted by atomic mass is 16.6. The van der Waals surface area contributed by atoms with Crippen molar-refractivity contribution in [2.24, 2.45) is 0 Å². The molecule has 10 heteroatoms. The molecule has 0 aromatic heterocycles. The van der Waals surface area contributed by atoms with Gasteiger partial charge in [-0.25, -0.2) is 4.79 Å². The van der Waals surface area contributed by atoms with Crippen LogP contribution in [-0.4, -0.2) is 54.8 Å². The lowest BCUT2D eigenvalue weighted by Crippen LogP contribution is -2.33. The number of carboxylic acid groups (broad SMARTS) is 1. The molecule has 3 amide bonds. The molecule has 0 bridgehead atoms. The monoisotopic (exact) mass is 653 g/mol. The lowest BCUT2D eigenvalue weighted by molar-refractivity contribution is -0.136. The molecule has 0 saturated heterocycles. The molecule has 48 heavy (non-hydrogen) atoms. The van der Waals surface area contributed by atoms with Crippen molar-refractivity contribution in [3.8, 4) is 16.9 Å². The van der Waals surface area contributed by atoms with Gasteiger partial charge in [0.25, 0.3) is 11.8 Å². The maximum absolute atomic E-state index is 13.1. The van der Waals surface area contributed by atoms with Crippen molar-refractivity contribution in [1.29, 1.82) is 0 Å². The van der Waals surface area contributed by atoms with Crippen LogP contribution in [0.25, 0.3) is 11.1 Å². The number of hydrogen-bond donors (Lipinski definition) is 3. The number of nitrogens with zero attached hydrogens (tertiary/aromatic N) is 1. The fraction of sp³-hybridized carbons (Fsp3) is 0.263. The van der Waals surface area contributed by atoms with E-state index in [1.807, 2.05) is 86.6 Å². The van der Waals surface area contributed by atoms with Crippen molar-refractivity contribution < 1.29 is 33.8 Å². The van der Waals surface area contributed by atoms with E-state index in [0.717, 1.165) is 16.7 Å². The molecule has 0 fully saturated rings. The molecule has 252 valence electrons. The van der Waals surface area contributed by atoms with Gasteiger partial charge in [0.1, 0.15) is 11.4 Å². The second-order valence-corrected chi connectivity index (χ2v) is 11.8. The molecule has 0 aliphatic rings. The Labute approximate surface area is 281 Å². The fourth-order valence-corrected chi connectivity index (χ4v) is 4.46. The molecular formula is C38H43N3O7. The van der Waals surface area contributed by atoms with E-state index in [9.17, 15) is 19.2 Å². The third-order valence-electron chi connectivity index (χ3n) is 6.76. The minimum absolute atomic E-state index is 0.0875. The number of aryl methyl sites for hydroxylation is 1. The van der Waals surface area contributed by atoms with Gasteiger partial charge in [-0.05, 0) is 88.2 Å². The van der Waals surface area contributed by atoms with Crippen LogP contribution in [-0.2, 0) is 9.53 Å². The van der Waals surface area contributed by atoms with E-state index >= 15 is 0 Å². The van der Waals surface area contributed by atoms with Gasteiger partial charge in [0, 0.05) is 30.4 Å². The highest BCUT2D eigenvalue weighted by molar-refractivity contribution is 6.09. The van der Waals surface area contributed by atoms with Crippen molar-refractivity contribution in [3.05, 3.63) is 114 Å². The van der Waals surface area contributed by atoms with Gasteiger partial charge >= 0.3 is 12.1 Å². The quantitative estimate of drug-likeness (QED) is 0.161. The lowest BCUT2D eigenvalue weighted by Gasteiger charge is -2.20. The third kappa shape index (κ3) is 11.3. The van der Waals surface area contributed by atoms with E-state index in [0.29, 0.717) is 34.9 Å². The Morgan fingerprint density at radius 3 is 2.08 bits per heavy atom. The number of amides is 3. The molecule has 4 aromatic carbocycles. The number of ether oxygens (including phenoxy) is 2. The average molecular weight is 654 g/mol. The topological polar surface area (TPSA) is 134 Å². The van der Waals surface area contributed by atoms with Crippen molar-refractivity contribution in [2.75, 3.05) is 30.4 Å². The van der Waals surface area contributed by atoms with Crippen LogP contribution in [0, 0.1) is 6.92 Å². The van der Waals surface area contributed by atoms with E-state index < -0.39 is 17.7 Å². The van der Waals surface area contributed by atoms with Gasteiger partial charge in [-0.2, -0.15) is 0 Å². The Morgan fingerprint density at radius 1 is 0.833 bits per heavy atom. The summed E-state index contributed by atoms with van der Waals surface area (Å²) in [5, 5.41) is 13.5. The maximum Gasteiger partial charge on any atom is 0.407 e. The standard InChI is InChI=1S/C30H28N2O3.C8H15NO4/c1-4-35-28-12-8-7-11-27(28)32(3)30(34)23-17-19-24(20-18-23)31-29(33)26-10-6-5-9-25(26)22-15-13-21(2)14-16-22;1-8(2,3)13-7(12)9-5-4-6(10)11/h5-20H,4H2,1-3H3,(H,31,33);4-5H2,1-3H3,(H,9,12)(H,10,11). The molecule has 4 aromatic rings. The first-order valence-electron chi connectivity index (χ1n) is 15.5. The zero-order valence-corrected chi connectivity index (χ0v) is 28.2. The number of rotatable bonds is 10. The van der Waals surface area contributed by atoms with Crippen LogP contribution in [0.15, 0.2) is 97.1 Å². The number of benzene rings is 4. The predicted molar refractivity (Wildman–Crippen MR) is 188 cm³/mol. The molecule has 0 atom stereocenters. The van der Waals surface area contributed by atoms with E-state index in [-0.39, 0.29) is 24.8 Å². The van der Waals surface area contributed by atoms with Gasteiger partial charge in [-0.15, -0.1) is 0 Å². The van der Waals surface area contributed by atoms with E-state index in [4.69, 9.17) is 14.6 Å². The molecule has 0 radical (unpaired) electrons. The van der Waals surface area contributed by atoms with Crippen molar-refractivity contribution in [3.63, 3.8) is 0 Å².